The van der Waals surface area contributed by atoms with Gasteiger partial charge in [-0.05, 0) is 20.3 Å². The number of amides is 1. The van der Waals surface area contributed by atoms with Crippen LogP contribution in [0.5, 0.6) is 0 Å². The normalized spacial score (nSPS) is 21.3. The number of ketones is 2. The van der Waals surface area contributed by atoms with Gasteiger partial charge in [0, 0.05) is 12.8 Å². The van der Waals surface area contributed by atoms with Crippen LogP contribution in [0.1, 0.15) is 123 Å². The van der Waals surface area contributed by atoms with Gasteiger partial charge in [0.2, 0.25) is 5.91 Å². The SMILES string of the molecule is CCCCCCCCCCCCCCCC(=O)Nc1ncnc2c1ncn2[C@H]1C[C@@](O)(C(C)=O)[C@@H](C(O)C(C)=O)O1. The number of carbonyl (C=O) groups is 3. The highest BCUT2D eigenvalue weighted by atomic mass is 16.6. The number of nitrogens with zero attached hydrogens (tertiary/aromatic N) is 4. The van der Waals surface area contributed by atoms with Gasteiger partial charge in [0.05, 0.1) is 6.33 Å². The zero-order valence-corrected chi connectivity index (χ0v) is 24.8. The van der Waals surface area contributed by atoms with E-state index >= 15 is 0 Å². The summed E-state index contributed by atoms with van der Waals surface area (Å²) in [7, 11) is 0. The number of unbranched alkanes of at least 4 members (excludes halogenated alkanes) is 12. The molecule has 0 aromatic carbocycles. The van der Waals surface area contributed by atoms with E-state index in [1.807, 2.05) is 0 Å². The summed E-state index contributed by atoms with van der Waals surface area (Å²) in [5.41, 5.74) is -1.40. The maximum atomic E-state index is 12.6. The van der Waals surface area contributed by atoms with Crippen LogP contribution in [0.15, 0.2) is 12.7 Å². The van der Waals surface area contributed by atoms with Gasteiger partial charge in [-0.2, -0.15) is 0 Å². The molecule has 1 unspecified atom stereocenters. The molecule has 1 aliphatic heterocycles. The number of Topliss-reactive ketones (excluding diaryl/α,β-unsaturated/α-hetero) is 2. The van der Waals surface area contributed by atoms with Crippen LogP contribution >= 0.6 is 0 Å². The van der Waals surface area contributed by atoms with Crippen molar-refractivity contribution in [2.45, 2.75) is 141 Å². The average Bonchev–Trinajstić information content (AvgIpc) is 3.53. The number of carbonyl (C=O) groups excluding carboxylic acids is 3. The molecule has 0 bridgehead atoms. The predicted molar refractivity (Wildman–Crippen MR) is 155 cm³/mol. The molecule has 0 radical (unpaired) electrons. The van der Waals surface area contributed by atoms with Crippen molar-refractivity contribution in [2.75, 3.05) is 5.32 Å². The van der Waals surface area contributed by atoms with Gasteiger partial charge in [0.15, 0.2) is 34.1 Å². The molecule has 3 rings (SSSR count). The first kappa shape index (κ1) is 32.8. The van der Waals surface area contributed by atoms with Crippen LogP contribution in [0.4, 0.5) is 5.82 Å². The second kappa shape index (κ2) is 16.0. The zero-order valence-electron chi connectivity index (χ0n) is 24.8. The number of ether oxygens (including phenoxy) is 1. The number of aliphatic hydroxyl groups is 2. The van der Waals surface area contributed by atoms with Crippen LogP contribution in [0.2, 0.25) is 0 Å². The quantitative estimate of drug-likeness (QED) is 0.201. The Bertz CT molecular complexity index is 1150. The van der Waals surface area contributed by atoms with Gasteiger partial charge in [-0.1, -0.05) is 84.0 Å². The van der Waals surface area contributed by atoms with E-state index in [9.17, 15) is 24.6 Å². The van der Waals surface area contributed by atoms with Crippen LogP contribution in [-0.4, -0.2) is 65.0 Å². The predicted octanol–water partition coefficient (Wildman–Crippen LogP) is 4.80. The fourth-order valence-corrected chi connectivity index (χ4v) is 5.42. The number of aliphatic hydroxyl groups excluding tert-OH is 1. The molecule has 3 N–H and O–H groups in total. The van der Waals surface area contributed by atoms with Crippen LogP contribution in [0, 0.1) is 0 Å². The second-order valence-electron chi connectivity index (χ2n) is 11.3. The summed E-state index contributed by atoms with van der Waals surface area (Å²) in [4.78, 5) is 49.4. The molecule has 2 aromatic rings. The molecule has 1 fully saturated rings. The third kappa shape index (κ3) is 8.86. The summed E-state index contributed by atoms with van der Waals surface area (Å²) in [6.45, 7) is 4.59. The molecular formula is C30H47N5O6. The summed E-state index contributed by atoms with van der Waals surface area (Å²) in [5.74, 6) is -1.14. The molecule has 228 valence electrons. The van der Waals surface area contributed by atoms with Crippen LogP contribution in [-0.2, 0) is 19.1 Å². The summed E-state index contributed by atoms with van der Waals surface area (Å²) in [6.07, 6.45) is 14.9. The lowest BCUT2D eigenvalue weighted by Crippen LogP contribution is -2.52. The number of aromatic nitrogens is 4. The van der Waals surface area contributed by atoms with E-state index in [0.29, 0.717) is 17.6 Å². The number of rotatable bonds is 19. The number of fused-ring (bicyclic) bond motifs is 1. The number of hydrogen-bond donors (Lipinski definition) is 3. The Kier molecular flexibility index (Phi) is 12.8. The summed E-state index contributed by atoms with van der Waals surface area (Å²) < 4.78 is 7.30. The third-order valence-electron chi connectivity index (χ3n) is 8.01. The Hall–Kier alpha value is -2.76. The van der Waals surface area contributed by atoms with Crippen molar-refractivity contribution in [1.29, 1.82) is 0 Å². The van der Waals surface area contributed by atoms with E-state index in [-0.39, 0.29) is 18.1 Å². The van der Waals surface area contributed by atoms with Crippen molar-refractivity contribution >= 4 is 34.5 Å². The minimum atomic E-state index is -2.05. The van der Waals surface area contributed by atoms with Crippen molar-refractivity contribution in [3.8, 4) is 0 Å². The monoisotopic (exact) mass is 573 g/mol. The Morgan fingerprint density at radius 2 is 1.56 bits per heavy atom. The van der Waals surface area contributed by atoms with Gasteiger partial charge in [0.1, 0.15) is 24.8 Å². The molecule has 0 aliphatic carbocycles. The Morgan fingerprint density at radius 3 is 2.12 bits per heavy atom. The first-order chi connectivity index (χ1) is 19.7. The Morgan fingerprint density at radius 1 is 0.976 bits per heavy atom. The maximum Gasteiger partial charge on any atom is 0.225 e. The largest absolute Gasteiger partial charge is 0.382 e. The number of nitrogens with one attached hydrogen (secondary N) is 1. The molecule has 1 aliphatic rings. The fourth-order valence-electron chi connectivity index (χ4n) is 5.42. The smallest absolute Gasteiger partial charge is 0.225 e. The van der Waals surface area contributed by atoms with E-state index in [1.54, 1.807) is 0 Å². The lowest BCUT2D eigenvalue weighted by atomic mass is 9.86. The van der Waals surface area contributed by atoms with E-state index in [1.165, 1.54) is 88.4 Å². The zero-order chi connectivity index (χ0) is 29.8. The Labute approximate surface area is 242 Å². The lowest BCUT2D eigenvalue weighted by Gasteiger charge is -2.27. The third-order valence-corrected chi connectivity index (χ3v) is 8.01. The second-order valence-corrected chi connectivity index (χ2v) is 11.3. The van der Waals surface area contributed by atoms with Crippen molar-refractivity contribution in [3.05, 3.63) is 12.7 Å². The molecule has 3 heterocycles. The fraction of sp³-hybridized carbons (Fsp3) is 0.733. The number of imidazole rings is 1. The summed E-state index contributed by atoms with van der Waals surface area (Å²) >= 11 is 0. The van der Waals surface area contributed by atoms with Gasteiger partial charge in [-0.15, -0.1) is 0 Å². The van der Waals surface area contributed by atoms with Crippen molar-refractivity contribution in [3.63, 3.8) is 0 Å². The highest BCUT2D eigenvalue weighted by Gasteiger charge is 2.55. The van der Waals surface area contributed by atoms with Gasteiger partial charge in [-0.3, -0.25) is 19.0 Å². The Balaban J connectivity index is 1.45. The molecule has 41 heavy (non-hydrogen) atoms. The van der Waals surface area contributed by atoms with Gasteiger partial charge in [0.25, 0.3) is 0 Å². The molecular weight excluding hydrogens is 526 g/mol. The molecule has 1 amide bonds. The molecule has 4 atom stereocenters. The molecule has 0 spiro atoms. The van der Waals surface area contributed by atoms with Gasteiger partial charge in [-0.25, -0.2) is 15.0 Å². The highest BCUT2D eigenvalue weighted by molar-refractivity contribution is 5.96. The van der Waals surface area contributed by atoms with Crippen LogP contribution < -0.4 is 5.32 Å². The first-order valence-electron chi connectivity index (χ1n) is 15.2. The van der Waals surface area contributed by atoms with E-state index < -0.39 is 35.6 Å². The first-order valence-corrected chi connectivity index (χ1v) is 15.2. The molecule has 11 heteroatoms. The highest BCUT2D eigenvalue weighted by Crippen LogP contribution is 2.40. The van der Waals surface area contributed by atoms with Gasteiger partial charge < -0.3 is 20.3 Å². The lowest BCUT2D eigenvalue weighted by molar-refractivity contribution is -0.158. The molecule has 11 nitrogen and oxygen atoms in total. The number of anilines is 1. The molecule has 1 saturated heterocycles. The van der Waals surface area contributed by atoms with Crippen LogP contribution in [0.3, 0.4) is 0 Å². The van der Waals surface area contributed by atoms with Crippen molar-refractivity contribution < 1.29 is 29.3 Å². The van der Waals surface area contributed by atoms with E-state index in [2.05, 4.69) is 27.2 Å². The van der Waals surface area contributed by atoms with Gasteiger partial charge >= 0.3 is 0 Å². The standard InChI is InChI=1S/C30H47N5O6/c1-4-5-6-7-8-9-10-11-12-13-14-15-16-17-23(38)34-28-25-29(32-19-31-28)35(20-33-25)24-18-30(40,22(3)37)27(41-24)26(39)21(2)36/h19-20,24,26-27,39-40H,4-18H2,1-3H3,(H,31,32,34,38)/t24-,26?,27-,30-/m1/s1. The number of hydrogen-bond acceptors (Lipinski definition) is 9. The molecule has 0 saturated carbocycles. The van der Waals surface area contributed by atoms with Crippen molar-refractivity contribution in [2.24, 2.45) is 0 Å². The van der Waals surface area contributed by atoms with Crippen molar-refractivity contribution in [1.82, 2.24) is 19.5 Å². The maximum absolute atomic E-state index is 12.6. The minimum Gasteiger partial charge on any atom is -0.382 e. The van der Waals surface area contributed by atoms with E-state index in [4.69, 9.17) is 4.74 Å². The van der Waals surface area contributed by atoms with Crippen LogP contribution in [0.25, 0.3) is 11.2 Å². The minimum absolute atomic E-state index is 0.157. The topological polar surface area (TPSA) is 157 Å². The van der Waals surface area contributed by atoms with E-state index in [0.717, 1.165) is 26.2 Å². The summed E-state index contributed by atoms with van der Waals surface area (Å²) in [5, 5.41) is 24.1. The average molecular weight is 574 g/mol. The summed E-state index contributed by atoms with van der Waals surface area (Å²) in [6, 6.07) is 0. The molecule has 2 aromatic heterocycles.